The Morgan fingerprint density at radius 1 is 1.29 bits per heavy atom. The van der Waals surface area contributed by atoms with Gasteiger partial charge in [-0.15, -0.1) is 0 Å². The summed E-state index contributed by atoms with van der Waals surface area (Å²) in [5, 5.41) is 13.8. The summed E-state index contributed by atoms with van der Waals surface area (Å²) < 4.78 is 6.06. The maximum absolute atomic E-state index is 13.3. The van der Waals surface area contributed by atoms with Crippen LogP contribution in [-0.4, -0.2) is 53.3 Å². The number of pyridine rings is 1. The number of nitrogens with zero attached hydrogens (tertiary/aromatic N) is 3. The number of nitrogens with one attached hydrogen (secondary N) is 1. The number of likely N-dealkylation sites (tertiary alicyclic amines) is 1. The second-order valence-corrected chi connectivity index (χ2v) is 9.36. The van der Waals surface area contributed by atoms with E-state index in [0.29, 0.717) is 24.3 Å². The molecule has 7 nitrogen and oxygen atoms in total. The van der Waals surface area contributed by atoms with Crippen LogP contribution >= 0.6 is 0 Å². The van der Waals surface area contributed by atoms with E-state index in [1.165, 1.54) is 0 Å². The van der Waals surface area contributed by atoms with Crippen LogP contribution in [-0.2, 0) is 11.3 Å². The monoisotopic (exact) mass is 474 g/mol. The third kappa shape index (κ3) is 5.74. The molecular formula is C28H34N4O3. The molecule has 1 aromatic carbocycles. The number of carbonyl (C=O) groups excluding carboxylic acids is 1. The van der Waals surface area contributed by atoms with Crippen molar-refractivity contribution >= 4 is 17.3 Å². The van der Waals surface area contributed by atoms with Crippen LogP contribution in [0.1, 0.15) is 42.7 Å². The molecule has 4 rings (SSSR count). The van der Waals surface area contributed by atoms with Gasteiger partial charge in [0.05, 0.1) is 29.8 Å². The first-order valence-corrected chi connectivity index (χ1v) is 12.0. The minimum Gasteiger partial charge on any atom is -0.508 e. The molecule has 0 saturated carbocycles. The molecule has 184 valence electrons. The summed E-state index contributed by atoms with van der Waals surface area (Å²) in [7, 11) is 1.93. The lowest BCUT2D eigenvalue weighted by atomic mass is 10.1. The summed E-state index contributed by atoms with van der Waals surface area (Å²) in [4.78, 5) is 21.5. The number of benzene rings is 1. The maximum atomic E-state index is 13.3. The van der Waals surface area contributed by atoms with Gasteiger partial charge in [-0.25, -0.2) is 0 Å². The van der Waals surface area contributed by atoms with Crippen LogP contribution in [0, 0.1) is 0 Å². The van der Waals surface area contributed by atoms with Gasteiger partial charge in [-0.05, 0) is 63.1 Å². The number of aliphatic hydroxyl groups is 1. The third-order valence-electron chi connectivity index (χ3n) is 6.40. The average Bonchev–Trinajstić information content (AvgIpc) is 3.21. The van der Waals surface area contributed by atoms with Crippen molar-refractivity contribution in [3.63, 3.8) is 0 Å². The summed E-state index contributed by atoms with van der Waals surface area (Å²) in [6, 6.07) is 11.5. The second kappa shape index (κ2) is 10.8. The first-order valence-electron chi connectivity index (χ1n) is 12.0. The van der Waals surface area contributed by atoms with Crippen molar-refractivity contribution in [1.29, 1.82) is 0 Å². The molecule has 0 spiro atoms. The van der Waals surface area contributed by atoms with Gasteiger partial charge in [0, 0.05) is 37.5 Å². The van der Waals surface area contributed by atoms with E-state index in [4.69, 9.17) is 4.74 Å². The SMILES string of the molecule is C=C(/C(O)=C\C=C(C)C)C1Nc2ccc(C(=O)N3CCCC(OCc4ccccn4)C3)cc2N1C. The lowest BCUT2D eigenvalue weighted by Gasteiger charge is -2.33. The minimum atomic E-state index is -0.295. The number of hydrogen-bond donors (Lipinski definition) is 2. The normalized spacial score (nSPS) is 19.7. The van der Waals surface area contributed by atoms with Gasteiger partial charge >= 0.3 is 0 Å². The van der Waals surface area contributed by atoms with E-state index in [9.17, 15) is 9.90 Å². The fourth-order valence-electron chi connectivity index (χ4n) is 4.40. The highest BCUT2D eigenvalue weighted by atomic mass is 16.5. The van der Waals surface area contributed by atoms with Crippen molar-refractivity contribution in [1.82, 2.24) is 9.88 Å². The van der Waals surface area contributed by atoms with Gasteiger partial charge in [0.1, 0.15) is 11.9 Å². The van der Waals surface area contributed by atoms with Crippen LogP contribution in [0.3, 0.4) is 0 Å². The molecule has 0 bridgehead atoms. The fourth-order valence-corrected chi connectivity index (χ4v) is 4.40. The maximum Gasteiger partial charge on any atom is 0.254 e. The van der Waals surface area contributed by atoms with Gasteiger partial charge in [-0.3, -0.25) is 9.78 Å². The van der Waals surface area contributed by atoms with Gasteiger partial charge in [0.25, 0.3) is 5.91 Å². The van der Waals surface area contributed by atoms with Crippen LogP contribution < -0.4 is 10.2 Å². The molecule has 1 fully saturated rings. The van der Waals surface area contributed by atoms with Gasteiger partial charge in [-0.2, -0.15) is 0 Å². The number of amides is 1. The molecule has 1 amide bonds. The number of allylic oxidation sites excluding steroid dienone is 3. The molecule has 2 aromatic rings. The number of likely N-dealkylation sites (N-methyl/N-ethyl adjacent to an activating group) is 1. The van der Waals surface area contributed by atoms with E-state index >= 15 is 0 Å². The van der Waals surface area contributed by atoms with Gasteiger partial charge in [0.2, 0.25) is 0 Å². The zero-order valence-electron chi connectivity index (χ0n) is 20.7. The molecule has 2 unspecified atom stereocenters. The van der Waals surface area contributed by atoms with Crippen molar-refractivity contribution < 1.29 is 14.6 Å². The molecule has 1 aromatic heterocycles. The summed E-state index contributed by atoms with van der Waals surface area (Å²) >= 11 is 0. The van der Waals surface area contributed by atoms with E-state index in [-0.39, 0.29) is 23.9 Å². The Bertz CT molecular complexity index is 1140. The van der Waals surface area contributed by atoms with Crippen LogP contribution in [0.15, 0.2) is 78.2 Å². The van der Waals surface area contributed by atoms with E-state index in [2.05, 4.69) is 16.9 Å². The van der Waals surface area contributed by atoms with E-state index in [0.717, 1.165) is 42.0 Å². The molecule has 2 N–H and O–H groups in total. The molecule has 2 aliphatic rings. The zero-order valence-corrected chi connectivity index (χ0v) is 20.7. The number of rotatable bonds is 7. The number of piperidine rings is 1. The van der Waals surface area contributed by atoms with Crippen LogP contribution in [0.2, 0.25) is 0 Å². The van der Waals surface area contributed by atoms with Crippen molar-refractivity contribution in [2.24, 2.45) is 0 Å². The van der Waals surface area contributed by atoms with Crippen molar-refractivity contribution in [2.75, 3.05) is 30.4 Å². The summed E-state index contributed by atoms with van der Waals surface area (Å²) in [6.45, 7) is 9.76. The van der Waals surface area contributed by atoms with Gasteiger partial charge in [-0.1, -0.05) is 24.3 Å². The van der Waals surface area contributed by atoms with Crippen LogP contribution in [0.4, 0.5) is 11.4 Å². The number of ether oxygens (including phenoxy) is 1. The highest BCUT2D eigenvalue weighted by Gasteiger charge is 2.31. The smallest absolute Gasteiger partial charge is 0.254 e. The number of anilines is 2. The van der Waals surface area contributed by atoms with E-state index < -0.39 is 0 Å². The van der Waals surface area contributed by atoms with Crippen LogP contribution in [0.25, 0.3) is 0 Å². The lowest BCUT2D eigenvalue weighted by Crippen LogP contribution is -2.43. The highest BCUT2D eigenvalue weighted by molar-refractivity contribution is 5.97. The van der Waals surface area contributed by atoms with Gasteiger partial charge < -0.3 is 25.0 Å². The Morgan fingerprint density at radius 3 is 2.86 bits per heavy atom. The first-order chi connectivity index (χ1) is 16.8. The number of carbonyl (C=O) groups is 1. The Kier molecular flexibility index (Phi) is 7.56. The van der Waals surface area contributed by atoms with E-state index in [1.807, 2.05) is 73.2 Å². The molecule has 2 aliphatic heterocycles. The Balaban J connectivity index is 1.41. The summed E-state index contributed by atoms with van der Waals surface area (Å²) in [5.41, 5.74) is 4.99. The summed E-state index contributed by atoms with van der Waals surface area (Å²) in [6.07, 6.45) is 6.81. The molecule has 3 heterocycles. The predicted molar refractivity (Wildman–Crippen MR) is 139 cm³/mol. The molecule has 0 aliphatic carbocycles. The molecule has 1 saturated heterocycles. The topological polar surface area (TPSA) is 77.9 Å². The number of aromatic nitrogens is 1. The summed E-state index contributed by atoms with van der Waals surface area (Å²) in [5.74, 6) is 0.130. The Morgan fingerprint density at radius 2 is 2.11 bits per heavy atom. The zero-order chi connectivity index (χ0) is 24.9. The van der Waals surface area contributed by atoms with Crippen molar-refractivity contribution in [3.8, 4) is 0 Å². The molecular weight excluding hydrogens is 440 g/mol. The fraction of sp³-hybridized carbons (Fsp3) is 0.357. The quantitative estimate of drug-likeness (QED) is 0.432. The number of aliphatic hydroxyl groups excluding tert-OH is 1. The van der Waals surface area contributed by atoms with Crippen molar-refractivity contribution in [2.45, 2.75) is 45.6 Å². The predicted octanol–water partition coefficient (Wildman–Crippen LogP) is 5.06. The Hall–Kier alpha value is -3.58. The second-order valence-electron chi connectivity index (χ2n) is 9.36. The minimum absolute atomic E-state index is 0.000846. The molecule has 7 heteroatoms. The third-order valence-corrected chi connectivity index (χ3v) is 6.40. The average molecular weight is 475 g/mol. The largest absolute Gasteiger partial charge is 0.508 e. The molecule has 35 heavy (non-hydrogen) atoms. The first kappa shape index (κ1) is 24.5. The van der Waals surface area contributed by atoms with Crippen molar-refractivity contribution in [3.05, 3.63) is 89.5 Å². The number of hydrogen-bond acceptors (Lipinski definition) is 6. The van der Waals surface area contributed by atoms with Gasteiger partial charge in [0.15, 0.2) is 0 Å². The lowest BCUT2D eigenvalue weighted by molar-refractivity contribution is -0.00785. The Labute approximate surface area is 207 Å². The molecule has 0 radical (unpaired) electrons. The van der Waals surface area contributed by atoms with Crippen LogP contribution in [0.5, 0.6) is 0 Å². The number of fused-ring (bicyclic) bond motifs is 1. The molecule has 2 atom stereocenters. The van der Waals surface area contributed by atoms with E-state index in [1.54, 1.807) is 12.3 Å². The highest BCUT2D eigenvalue weighted by Crippen LogP contribution is 2.37. The standard InChI is InChI=1S/C28H34N4O3/c1-19(2)10-13-26(33)20(3)27-30-24-12-11-21(16-25(24)31(27)4)28(34)32-15-7-9-23(17-32)35-18-22-8-5-6-14-29-22/h5-6,8,10-14,16,23,27,30,33H,3,7,9,15,17-18H2,1-2,4H3/b26-13+.